The molecular weight excluding hydrogens is 330 g/mol. The number of hydrogen-bond acceptors (Lipinski definition) is 4. The van der Waals surface area contributed by atoms with Crippen LogP contribution < -0.4 is 0 Å². The van der Waals surface area contributed by atoms with Crippen molar-refractivity contribution in [2.45, 2.75) is 74.4 Å². The minimum Gasteiger partial charge on any atom is -0.465 e. The zero-order valence-corrected chi connectivity index (χ0v) is 16.0. The Kier molecular flexibility index (Phi) is 5.35. The number of carbonyl (C=O) groups excluding carboxylic acids is 1. The highest BCUT2D eigenvalue weighted by Crippen LogP contribution is 2.48. The van der Waals surface area contributed by atoms with Crippen molar-refractivity contribution in [1.82, 2.24) is 4.98 Å². The van der Waals surface area contributed by atoms with E-state index in [1.165, 1.54) is 69.8 Å². The van der Waals surface area contributed by atoms with E-state index in [4.69, 9.17) is 4.74 Å². The molecule has 4 rings (SSSR count). The fourth-order valence-electron chi connectivity index (χ4n) is 5.28. The molecule has 3 atom stereocenters. The van der Waals surface area contributed by atoms with Gasteiger partial charge in [-0.1, -0.05) is 19.3 Å². The van der Waals surface area contributed by atoms with E-state index >= 15 is 0 Å². The van der Waals surface area contributed by atoms with Gasteiger partial charge in [0.15, 0.2) is 0 Å². The molecular formula is C21H29NO2S. The fraction of sp³-hybridized carbons (Fsp3) is 0.714. The molecule has 0 radical (unpaired) electrons. The third-order valence-corrected chi connectivity index (χ3v) is 7.98. The Morgan fingerprint density at radius 1 is 1.20 bits per heavy atom. The van der Waals surface area contributed by atoms with Gasteiger partial charge >= 0.3 is 5.97 Å². The number of ether oxygens (including phenoxy) is 1. The molecule has 1 aliphatic heterocycles. The van der Waals surface area contributed by atoms with Gasteiger partial charge in [-0.25, -0.2) is 4.79 Å². The first kappa shape index (κ1) is 17.4. The lowest BCUT2D eigenvalue weighted by Gasteiger charge is -2.17. The Balaban J connectivity index is 1.36. The Bertz CT molecular complexity index is 620. The highest BCUT2D eigenvalue weighted by atomic mass is 32.2. The van der Waals surface area contributed by atoms with Crippen molar-refractivity contribution >= 4 is 17.7 Å². The van der Waals surface area contributed by atoms with E-state index in [-0.39, 0.29) is 5.97 Å². The number of fused-ring (bicyclic) bond motifs is 2. The number of aryl methyl sites for hydroxylation is 1. The molecule has 3 unspecified atom stereocenters. The van der Waals surface area contributed by atoms with Crippen molar-refractivity contribution in [3.63, 3.8) is 0 Å². The summed E-state index contributed by atoms with van der Waals surface area (Å²) in [4.78, 5) is 17.5. The van der Waals surface area contributed by atoms with Crippen LogP contribution in [-0.4, -0.2) is 23.3 Å². The summed E-state index contributed by atoms with van der Waals surface area (Å²) in [5.41, 5.74) is 1.74. The zero-order valence-electron chi connectivity index (χ0n) is 15.2. The maximum Gasteiger partial charge on any atom is 0.339 e. The molecule has 0 saturated heterocycles. The van der Waals surface area contributed by atoms with E-state index in [9.17, 15) is 4.79 Å². The van der Waals surface area contributed by atoms with Gasteiger partial charge < -0.3 is 4.74 Å². The van der Waals surface area contributed by atoms with Gasteiger partial charge in [0.2, 0.25) is 0 Å². The highest BCUT2D eigenvalue weighted by molar-refractivity contribution is 8.00. The number of methoxy groups -OCH3 is 1. The Hall–Kier alpha value is -1.03. The van der Waals surface area contributed by atoms with Crippen LogP contribution in [0.15, 0.2) is 17.2 Å². The molecule has 1 aromatic rings. The molecule has 4 heteroatoms. The van der Waals surface area contributed by atoms with E-state index in [2.05, 4.69) is 4.98 Å². The van der Waals surface area contributed by atoms with Crippen LogP contribution in [-0.2, 0) is 11.2 Å². The Labute approximate surface area is 155 Å². The van der Waals surface area contributed by atoms with Crippen molar-refractivity contribution in [2.24, 2.45) is 17.8 Å². The average molecular weight is 360 g/mol. The summed E-state index contributed by atoms with van der Waals surface area (Å²) in [5, 5.41) is 0.677. The number of aromatic nitrogens is 1. The largest absolute Gasteiger partial charge is 0.465 e. The van der Waals surface area contributed by atoms with E-state index in [1.807, 2.05) is 17.8 Å². The van der Waals surface area contributed by atoms with Crippen molar-refractivity contribution in [3.8, 4) is 0 Å². The summed E-state index contributed by atoms with van der Waals surface area (Å²) in [5.74, 6) is 2.80. The summed E-state index contributed by atoms with van der Waals surface area (Å²) in [6.45, 7) is 0. The topological polar surface area (TPSA) is 39.2 Å². The van der Waals surface area contributed by atoms with Crippen LogP contribution in [0.3, 0.4) is 0 Å². The lowest BCUT2D eigenvalue weighted by atomic mass is 9.96. The van der Waals surface area contributed by atoms with Gasteiger partial charge in [-0.05, 0) is 68.8 Å². The molecule has 2 saturated carbocycles. The second kappa shape index (κ2) is 7.69. The summed E-state index contributed by atoms with van der Waals surface area (Å²) >= 11 is 1.95. The SMILES string of the molecule is COC(=O)c1cnc2c(c1)SC(CCC1CC3CCCC3C1)CCC2. The summed E-state index contributed by atoms with van der Waals surface area (Å²) in [7, 11) is 1.43. The van der Waals surface area contributed by atoms with Gasteiger partial charge in [-0.15, -0.1) is 11.8 Å². The van der Waals surface area contributed by atoms with Crippen LogP contribution in [0.1, 0.15) is 73.8 Å². The van der Waals surface area contributed by atoms with Crippen LogP contribution in [0.5, 0.6) is 0 Å². The fourth-order valence-corrected chi connectivity index (χ4v) is 6.66. The normalized spacial score (nSPS) is 31.2. The van der Waals surface area contributed by atoms with Crippen molar-refractivity contribution in [3.05, 3.63) is 23.5 Å². The number of thioether (sulfide) groups is 1. The lowest BCUT2D eigenvalue weighted by Crippen LogP contribution is -2.06. The quantitative estimate of drug-likeness (QED) is 0.686. The molecule has 0 N–H and O–H groups in total. The maximum atomic E-state index is 11.8. The first-order chi connectivity index (χ1) is 12.2. The number of pyridine rings is 1. The zero-order chi connectivity index (χ0) is 17.2. The molecule has 0 aromatic carbocycles. The lowest BCUT2D eigenvalue weighted by molar-refractivity contribution is 0.0600. The minimum atomic E-state index is -0.283. The van der Waals surface area contributed by atoms with Crippen molar-refractivity contribution in [2.75, 3.05) is 7.11 Å². The third-order valence-electron chi connectivity index (χ3n) is 6.57. The van der Waals surface area contributed by atoms with E-state index in [0.29, 0.717) is 10.8 Å². The molecule has 2 aliphatic carbocycles. The molecule has 2 heterocycles. The van der Waals surface area contributed by atoms with E-state index in [1.54, 1.807) is 6.20 Å². The number of nitrogens with zero attached hydrogens (tertiary/aromatic N) is 1. The summed E-state index contributed by atoms with van der Waals surface area (Å²) in [6.07, 6.45) is 15.4. The maximum absolute atomic E-state index is 11.8. The van der Waals surface area contributed by atoms with E-state index < -0.39 is 0 Å². The second-order valence-electron chi connectivity index (χ2n) is 8.16. The van der Waals surface area contributed by atoms with Gasteiger partial charge in [-0.2, -0.15) is 0 Å². The smallest absolute Gasteiger partial charge is 0.339 e. The molecule has 0 amide bonds. The number of carbonyl (C=O) groups is 1. The number of hydrogen-bond donors (Lipinski definition) is 0. The summed E-state index contributed by atoms with van der Waals surface area (Å²) < 4.78 is 4.85. The molecule has 1 aromatic heterocycles. The molecule has 2 fully saturated rings. The van der Waals surface area contributed by atoms with Crippen LogP contribution in [0, 0.1) is 17.8 Å². The Morgan fingerprint density at radius 2 is 2.00 bits per heavy atom. The Morgan fingerprint density at radius 3 is 2.76 bits per heavy atom. The molecule has 136 valence electrons. The molecule has 0 bridgehead atoms. The first-order valence-electron chi connectivity index (χ1n) is 9.97. The van der Waals surface area contributed by atoms with Crippen molar-refractivity contribution in [1.29, 1.82) is 0 Å². The molecule has 25 heavy (non-hydrogen) atoms. The molecule has 3 aliphatic rings. The van der Waals surface area contributed by atoms with Crippen molar-refractivity contribution < 1.29 is 9.53 Å². The van der Waals surface area contributed by atoms with Gasteiger partial charge in [0.05, 0.1) is 18.4 Å². The van der Waals surface area contributed by atoms with Crippen LogP contribution >= 0.6 is 11.8 Å². The van der Waals surface area contributed by atoms with Crippen LogP contribution in [0.25, 0.3) is 0 Å². The number of rotatable bonds is 4. The second-order valence-corrected chi connectivity index (χ2v) is 9.50. The van der Waals surface area contributed by atoms with Gasteiger partial charge in [-0.3, -0.25) is 4.98 Å². The molecule has 0 spiro atoms. The van der Waals surface area contributed by atoms with E-state index in [0.717, 1.165) is 29.9 Å². The average Bonchev–Trinajstić information content (AvgIpc) is 3.15. The molecule has 3 nitrogen and oxygen atoms in total. The predicted molar refractivity (Wildman–Crippen MR) is 101 cm³/mol. The summed E-state index contributed by atoms with van der Waals surface area (Å²) in [6, 6.07) is 2.00. The third kappa shape index (κ3) is 3.89. The highest BCUT2D eigenvalue weighted by Gasteiger charge is 2.37. The van der Waals surface area contributed by atoms with Crippen LogP contribution in [0.2, 0.25) is 0 Å². The minimum absolute atomic E-state index is 0.283. The predicted octanol–water partition coefficient (Wildman–Crippen LogP) is 5.27. The van der Waals surface area contributed by atoms with Gasteiger partial charge in [0.25, 0.3) is 0 Å². The number of esters is 1. The standard InChI is InChI=1S/C21H29NO2S/c1-24-21(23)17-12-20-19(22-13-17)7-3-6-18(25-20)9-8-14-10-15-4-2-5-16(15)11-14/h12-16,18H,2-11H2,1H3. The van der Waals surface area contributed by atoms with Crippen LogP contribution in [0.4, 0.5) is 0 Å². The monoisotopic (exact) mass is 359 g/mol. The van der Waals surface area contributed by atoms with Gasteiger partial charge in [0.1, 0.15) is 0 Å². The van der Waals surface area contributed by atoms with Gasteiger partial charge in [0, 0.05) is 16.3 Å². The first-order valence-corrected chi connectivity index (χ1v) is 10.8.